The van der Waals surface area contributed by atoms with Crippen molar-refractivity contribution < 1.29 is 18.0 Å². The summed E-state index contributed by atoms with van der Waals surface area (Å²) in [5.41, 5.74) is 2.50. The highest BCUT2D eigenvalue weighted by atomic mass is 32.1. The van der Waals surface area contributed by atoms with Crippen molar-refractivity contribution in [1.82, 2.24) is 4.57 Å². The van der Waals surface area contributed by atoms with Crippen LogP contribution in [0.2, 0.25) is 0 Å². The van der Waals surface area contributed by atoms with Gasteiger partial charge < -0.3 is 9.73 Å². The van der Waals surface area contributed by atoms with Crippen molar-refractivity contribution in [3.8, 4) is 10.4 Å². The van der Waals surface area contributed by atoms with Gasteiger partial charge in [0.15, 0.2) is 5.58 Å². The van der Waals surface area contributed by atoms with Gasteiger partial charge >= 0.3 is 5.76 Å². The smallest absolute Gasteiger partial charge is 0.408 e. The van der Waals surface area contributed by atoms with Crippen LogP contribution in [0.4, 0.5) is 14.5 Å². The largest absolute Gasteiger partial charge is 0.419 e. The van der Waals surface area contributed by atoms with E-state index in [4.69, 9.17) is 4.42 Å². The lowest BCUT2D eigenvalue weighted by molar-refractivity contribution is 0.102. The molecule has 4 aromatic rings. The van der Waals surface area contributed by atoms with E-state index >= 15 is 0 Å². The predicted molar refractivity (Wildman–Crippen MR) is 108 cm³/mol. The third kappa shape index (κ3) is 3.36. The molecule has 148 valence electrons. The first-order chi connectivity index (χ1) is 13.9. The van der Waals surface area contributed by atoms with Crippen molar-refractivity contribution in [2.24, 2.45) is 7.05 Å². The van der Waals surface area contributed by atoms with Crippen molar-refractivity contribution in [1.29, 1.82) is 0 Å². The number of thiophene rings is 1. The topological polar surface area (TPSA) is 64.2 Å². The highest BCUT2D eigenvalue weighted by molar-refractivity contribution is 7.17. The molecule has 0 saturated heterocycles. The Balaban J connectivity index is 1.70. The molecule has 8 heteroatoms. The number of rotatable bonds is 4. The van der Waals surface area contributed by atoms with Gasteiger partial charge in [-0.3, -0.25) is 9.36 Å². The molecule has 0 aliphatic heterocycles. The lowest BCUT2D eigenvalue weighted by atomic mass is 10.0. The zero-order valence-corrected chi connectivity index (χ0v) is 16.4. The molecule has 0 bridgehead atoms. The monoisotopic (exact) mass is 414 g/mol. The molecular weight excluding hydrogens is 398 g/mol. The second-order valence-electron chi connectivity index (χ2n) is 6.47. The molecule has 0 radical (unpaired) electrons. The minimum atomic E-state index is -0.840. The first-order valence-corrected chi connectivity index (χ1v) is 9.68. The minimum absolute atomic E-state index is 0.305. The van der Waals surface area contributed by atoms with Crippen LogP contribution in [0, 0.1) is 11.6 Å². The number of hydrogen-bond donors (Lipinski definition) is 1. The van der Waals surface area contributed by atoms with Gasteiger partial charge in [0.25, 0.3) is 5.91 Å². The highest BCUT2D eigenvalue weighted by Gasteiger charge is 2.18. The first kappa shape index (κ1) is 19.1. The molecule has 0 aliphatic carbocycles. The summed E-state index contributed by atoms with van der Waals surface area (Å²) >= 11 is 1.19. The average molecular weight is 414 g/mol. The van der Waals surface area contributed by atoms with E-state index in [0.29, 0.717) is 22.4 Å². The van der Waals surface area contributed by atoms with E-state index in [0.717, 1.165) is 28.1 Å². The Kier molecular flexibility index (Phi) is 4.79. The maximum atomic E-state index is 13.8. The van der Waals surface area contributed by atoms with Crippen molar-refractivity contribution in [3.63, 3.8) is 0 Å². The maximum absolute atomic E-state index is 13.8. The number of nitrogens with one attached hydrogen (secondary N) is 1. The van der Waals surface area contributed by atoms with Crippen molar-refractivity contribution in [2.75, 3.05) is 5.32 Å². The van der Waals surface area contributed by atoms with E-state index in [2.05, 4.69) is 5.32 Å². The van der Waals surface area contributed by atoms with Gasteiger partial charge in [0, 0.05) is 11.9 Å². The van der Waals surface area contributed by atoms with E-state index in [-0.39, 0.29) is 0 Å². The molecule has 5 nitrogen and oxygen atoms in total. The molecule has 0 saturated carbocycles. The quantitative estimate of drug-likeness (QED) is 0.514. The van der Waals surface area contributed by atoms with Gasteiger partial charge in [0.2, 0.25) is 0 Å². The fourth-order valence-electron chi connectivity index (χ4n) is 3.14. The number of hydrogen-bond acceptors (Lipinski definition) is 4. The molecule has 0 aliphatic rings. The van der Waals surface area contributed by atoms with Gasteiger partial charge in [-0.2, -0.15) is 0 Å². The number of halogens is 2. The molecule has 1 N–H and O–H groups in total. The fourth-order valence-corrected chi connectivity index (χ4v) is 4.09. The zero-order valence-electron chi connectivity index (χ0n) is 15.6. The third-order valence-corrected chi connectivity index (χ3v) is 5.81. The summed E-state index contributed by atoms with van der Waals surface area (Å²) < 4.78 is 34.3. The van der Waals surface area contributed by atoms with Crippen molar-refractivity contribution in [2.45, 2.75) is 13.3 Å². The number of aryl methyl sites for hydroxylation is 2. The Bertz CT molecular complexity index is 1280. The molecule has 2 heterocycles. The first-order valence-electron chi connectivity index (χ1n) is 8.87. The molecule has 0 spiro atoms. The van der Waals surface area contributed by atoms with Crippen LogP contribution < -0.4 is 11.1 Å². The van der Waals surface area contributed by atoms with Crippen LogP contribution in [0.1, 0.15) is 22.2 Å². The van der Waals surface area contributed by atoms with Crippen LogP contribution in [-0.4, -0.2) is 10.5 Å². The summed E-state index contributed by atoms with van der Waals surface area (Å²) in [4.78, 5) is 25.4. The van der Waals surface area contributed by atoms with Gasteiger partial charge in [-0.25, -0.2) is 13.6 Å². The Morgan fingerprint density at radius 3 is 2.59 bits per heavy atom. The van der Waals surface area contributed by atoms with E-state index in [1.807, 2.05) is 13.0 Å². The summed E-state index contributed by atoms with van der Waals surface area (Å²) in [5, 5.41) is 2.29. The molecule has 29 heavy (non-hydrogen) atoms. The number of para-hydroxylation sites is 1. The number of benzene rings is 2. The maximum Gasteiger partial charge on any atom is 0.419 e. The average Bonchev–Trinajstić information content (AvgIpc) is 3.29. The molecule has 2 aromatic heterocycles. The Morgan fingerprint density at radius 1 is 1.17 bits per heavy atom. The molecule has 4 rings (SSSR count). The summed E-state index contributed by atoms with van der Waals surface area (Å²) in [6, 6.07) is 10.4. The molecular formula is C21H16F2N2O3S. The normalized spacial score (nSPS) is 11.2. The highest BCUT2D eigenvalue weighted by Crippen LogP contribution is 2.34. The Morgan fingerprint density at radius 2 is 1.90 bits per heavy atom. The zero-order chi connectivity index (χ0) is 20.7. The van der Waals surface area contributed by atoms with Crippen LogP contribution >= 0.6 is 11.3 Å². The lowest BCUT2D eigenvalue weighted by Gasteiger charge is -2.07. The van der Waals surface area contributed by atoms with Gasteiger partial charge in [-0.15, -0.1) is 11.3 Å². The minimum Gasteiger partial charge on any atom is -0.408 e. The fraction of sp³-hybridized carbons (Fsp3) is 0.143. The number of anilines is 1. The van der Waals surface area contributed by atoms with Gasteiger partial charge in [-0.05, 0) is 53.9 Å². The van der Waals surface area contributed by atoms with E-state index in [1.165, 1.54) is 22.0 Å². The van der Waals surface area contributed by atoms with Gasteiger partial charge in [0.1, 0.15) is 17.3 Å². The number of carbonyl (C=O) groups excluding carboxylic acids is 1. The molecule has 0 fully saturated rings. The van der Waals surface area contributed by atoms with Crippen LogP contribution in [-0.2, 0) is 13.5 Å². The molecule has 1 amide bonds. The number of aromatic nitrogens is 1. The van der Waals surface area contributed by atoms with Crippen LogP contribution in [0.3, 0.4) is 0 Å². The summed E-state index contributed by atoms with van der Waals surface area (Å²) in [5.74, 6) is -2.73. The third-order valence-electron chi connectivity index (χ3n) is 4.69. The van der Waals surface area contributed by atoms with Crippen molar-refractivity contribution in [3.05, 3.63) is 75.1 Å². The van der Waals surface area contributed by atoms with Gasteiger partial charge in [-0.1, -0.05) is 13.0 Å². The van der Waals surface area contributed by atoms with Crippen LogP contribution in [0.25, 0.3) is 21.5 Å². The number of oxazole rings is 1. The number of amides is 1. The van der Waals surface area contributed by atoms with Crippen LogP contribution in [0.15, 0.2) is 51.7 Å². The second-order valence-corrected chi connectivity index (χ2v) is 7.56. The summed E-state index contributed by atoms with van der Waals surface area (Å²) in [6.45, 7) is 1.99. The molecule has 0 atom stereocenters. The molecule has 2 aromatic carbocycles. The number of fused-ring (bicyclic) bond motifs is 1. The van der Waals surface area contributed by atoms with E-state index in [1.54, 1.807) is 25.2 Å². The number of nitrogens with zero attached hydrogens (tertiary/aromatic N) is 1. The SMILES string of the molecule is CCc1cc2c(cc1-c1ccc(C(=O)Nc3c(F)cccc3F)s1)oc(=O)n2C. The van der Waals surface area contributed by atoms with E-state index in [9.17, 15) is 18.4 Å². The van der Waals surface area contributed by atoms with E-state index < -0.39 is 29.0 Å². The number of carbonyl (C=O) groups is 1. The lowest BCUT2D eigenvalue weighted by Crippen LogP contribution is -2.12. The summed E-state index contributed by atoms with van der Waals surface area (Å²) in [7, 11) is 1.64. The Hall–Kier alpha value is -3.26. The second kappa shape index (κ2) is 7.29. The van der Waals surface area contributed by atoms with Gasteiger partial charge in [0.05, 0.1) is 10.4 Å². The molecule has 0 unspecified atom stereocenters. The summed E-state index contributed by atoms with van der Waals surface area (Å²) in [6.07, 6.45) is 0.713. The van der Waals surface area contributed by atoms with Crippen LogP contribution in [0.5, 0.6) is 0 Å². The predicted octanol–water partition coefficient (Wildman–Crippen LogP) is 4.95. The Labute approximate surface area is 168 Å². The van der Waals surface area contributed by atoms with Crippen molar-refractivity contribution >= 4 is 34.0 Å². The standard InChI is InChI=1S/C21H16F2N2O3S/c1-3-11-9-15-16(28-21(27)25(15)2)10-12(11)17-7-8-18(29-17)20(26)24-19-13(22)5-4-6-14(19)23/h4-10H,3H2,1-2H3,(H,24,26).